The Kier molecular flexibility index (Phi) is 9.44. The van der Waals surface area contributed by atoms with Crippen LogP contribution >= 0.6 is 35.6 Å². The van der Waals surface area contributed by atoms with E-state index >= 15 is 0 Å². The highest BCUT2D eigenvalue weighted by molar-refractivity contribution is 6.42. The number of nitrogens with two attached hydrogens (primary N) is 1. The fourth-order valence-corrected chi connectivity index (χ4v) is 4.29. The summed E-state index contributed by atoms with van der Waals surface area (Å²) in [4.78, 5) is 27.2. The minimum Gasteiger partial charge on any atom is -0.491 e. The smallest absolute Gasteiger partial charge is 0.260 e. The van der Waals surface area contributed by atoms with Gasteiger partial charge in [0.15, 0.2) is 0 Å². The van der Waals surface area contributed by atoms with Crippen molar-refractivity contribution in [2.75, 3.05) is 19.7 Å². The molecule has 0 saturated carbocycles. The summed E-state index contributed by atoms with van der Waals surface area (Å²) in [6.45, 7) is 4.35. The molecule has 2 aromatic rings. The summed E-state index contributed by atoms with van der Waals surface area (Å²) >= 11 is 12.5. The lowest BCUT2D eigenvalue weighted by Crippen LogP contribution is -2.39. The van der Waals surface area contributed by atoms with Gasteiger partial charge < -0.3 is 15.3 Å². The van der Waals surface area contributed by atoms with E-state index in [0.29, 0.717) is 38.9 Å². The molecule has 9 heteroatoms. The molecule has 0 bridgehead atoms. The lowest BCUT2D eigenvalue weighted by Gasteiger charge is -2.31. The van der Waals surface area contributed by atoms with Crippen molar-refractivity contribution >= 4 is 52.7 Å². The summed E-state index contributed by atoms with van der Waals surface area (Å²) in [7, 11) is 0. The zero-order chi connectivity index (χ0) is 21.0. The molecule has 1 aliphatic rings. The molecule has 1 aliphatic heterocycles. The van der Waals surface area contributed by atoms with Crippen molar-refractivity contribution in [2.24, 2.45) is 5.73 Å². The highest BCUT2D eigenvalue weighted by Gasteiger charge is 2.29. The van der Waals surface area contributed by atoms with Gasteiger partial charge in [-0.15, -0.1) is 12.4 Å². The lowest BCUT2D eigenvalue weighted by atomic mass is 10.1. The van der Waals surface area contributed by atoms with Gasteiger partial charge in [0.1, 0.15) is 12.0 Å². The van der Waals surface area contributed by atoms with Crippen molar-refractivity contribution in [3.63, 3.8) is 0 Å². The van der Waals surface area contributed by atoms with Crippen molar-refractivity contribution in [2.45, 2.75) is 51.7 Å². The standard InChI is InChI=1S/C21H27Cl2N3O3.ClH/c1-2-3-10-29-20-14-11-16(22)17(23)12-15(14)21(28)26(18(20)13-24)19(6-9-27)25-7-4-5-8-25;/h9,11-12,19H,2-8,10,13,24H2,1H3;1H. The third-order valence-corrected chi connectivity index (χ3v) is 6.13. The quantitative estimate of drug-likeness (QED) is 0.424. The number of halogens is 3. The molecule has 0 spiro atoms. The molecule has 1 aromatic heterocycles. The average molecular weight is 477 g/mol. The minimum absolute atomic E-state index is 0. The molecule has 1 atom stereocenters. The molecule has 0 aliphatic carbocycles. The Morgan fingerprint density at radius 1 is 1.20 bits per heavy atom. The fraction of sp³-hybridized carbons (Fsp3) is 0.524. The van der Waals surface area contributed by atoms with E-state index < -0.39 is 6.17 Å². The number of benzene rings is 1. The van der Waals surface area contributed by atoms with Gasteiger partial charge in [0.05, 0.1) is 33.9 Å². The van der Waals surface area contributed by atoms with Gasteiger partial charge in [0.2, 0.25) is 0 Å². The molecule has 1 saturated heterocycles. The number of fused-ring (bicyclic) bond motifs is 1. The molecule has 30 heavy (non-hydrogen) atoms. The Bertz CT molecular complexity index is 943. The Balaban J connectivity index is 0.00000320. The van der Waals surface area contributed by atoms with Gasteiger partial charge in [-0.3, -0.25) is 14.3 Å². The average Bonchev–Trinajstić information content (AvgIpc) is 3.24. The SMILES string of the molecule is CCCCOc1c(CN)n(C(CC=O)N2CCCC2)c(=O)c2cc(Cl)c(Cl)cc12.Cl. The van der Waals surface area contributed by atoms with Crippen LogP contribution in [0.5, 0.6) is 5.75 Å². The predicted molar refractivity (Wildman–Crippen MR) is 124 cm³/mol. The summed E-state index contributed by atoms with van der Waals surface area (Å²) in [6.07, 6.45) is 4.59. The number of carbonyl (C=O) groups excluding carboxylic acids is 1. The van der Waals surface area contributed by atoms with Gasteiger partial charge in [0.25, 0.3) is 5.56 Å². The number of aromatic nitrogens is 1. The van der Waals surface area contributed by atoms with Crippen LogP contribution in [0.2, 0.25) is 10.0 Å². The topological polar surface area (TPSA) is 77.6 Å². The molecule has 3 rings (SSSR count). The van der Waals surface area contributed by atoms with Gasteiger partial charge in [-0.05, 0) is 31.4 Å². The maximum Gasteiger partial charge on any atom is 0.260 e. The van der Waals surface area contributed by atoms with E-state index in [1.807, 2.05) is 0 Å². The molecule has 1 fully saturated rings. The van der Waals surface area contributed by atoms with Crippen molar-refractivity contribution in [1.29, 1.82) is 0 Å². The van der Waals surface area contributed by atoms with Gasteiger partial charge in [-0.1, -0.05) is 36.5 Å². The molecular weight excluding hydrogens is 449 g/mol. The second-order valence-electron chi connectivity index (χ2n) is 7.30. The molecular formula is C21H28Cl3N3O3. The first-order valence-electron chi connectivity index (χ1n) is 10.1. The number of unbranched alkanes of at least 4 members (excludes halogenated alkanes) is 1. The van der Waals surface area contributed by atoms with Gasteiger partial charge in [-0.2, -0.15) is 0 Å². The van der Waals surface area contributed by atoms with E-state index in [-0.39, 0.29) is 30.9 Å². The van der Waals surface area contributed by atoms with Crippen molar-refractivity contribution in [3.8, 4) is 5.75 Å². The van der Waals surface area contributed by atoms with Crippen LogP contribution in [-0.4, -0.2) is 35.4 Å². The van der Waals surface area contributed by atoms with E-state index in [2.05, 4.69) is 11.8 Å². The molecule has 2 N–H and O–H groups in total. The molecule has 1 unspecified atom stereocenters. The van der Waals surface area contributed by atoms with E-state index in [1.54, 1.807) is 16.7 Å². The monoisotopic (exact) mass is 475 g/mol. The van der Waals surface area contributed by atoms with E-state index in [4.69, 9.17) is 33.7 Å². The predicted octanol–water partition coefficient (Wildman–Crippen LogP) is 4.55. The van der Waals surface area contributed by atoms with Gasteiger partial charge >= 0.3 is 0 Å². The van der Waals surface area contributed by atoms with Crippen LogP contribution in [0.25, 0.3) is 10.8 Å². The van der Waals surface area contributed by atoms with Crippen LogP contribution in [0.1, 0.15) is 50.9 Å². The number of ether oxygens (including phenoxy) is 1. The van der Waals surface area contributed by atoms with Crippen LogP contribution < -0.4 is 16.0 Å². The summed E-state index contributed by atoms with van der Waals surface area (Å²) in [5, 5.41) is 1.67. The highest BCUT2D eigenvalue weighted by atomic mass is 35.5. The number of likely N-dealkylation sites (tertiary alicyclic amines) is 1. The lowest BCUT2D eigenvalue weighted by molar-refractivity contribution is -0.109. The molecule has 0 amide bonds. The largest absolute Gasteiger partial charge is 0.491 e. The Labute approximate surface area is 192 Å². The first-order chi connectivity index (χ1) is 14.0. The fourth-order valence-electron chi connectivity index (χ4n) is 3.96. The first-order valence-corrected chi connectivity index (χ1v) is 10.9. The van der Waals surface area contributed by atoms with E-state index in [9.17, 15) is 9.59 Å². The maximum absolute atomic E-state index is 13.5. The van der Waals surface area contributed by atoms with Gasteiger partial charge in [0, 0.05) is 31.4 Å². The first kappa shape index (κ1) is 25.0. The van der Waals surface area contributed by atoms with Crippen molar-refractivity contribution in [1.82, 2.24) is 9.47 Å². The van der Waals surface area contributed by atoms with Crippen LogP contribution in [0, 0.1) is 0 Å². The number of hydrogen-bond donors (Lipinski definition) is 1. The molecule has 166 valence electrons. The van der Waals surface area contributed by atoms with Crippen molar-refractivity contribution < 1.29 is 9.53 Å². The molecule has 1 aromatic carbocycles. The van der Waals surface area contributed by atoms with E-state index in [1.165, 1.54) is 0 Å². The zero-order valence-corrected chi connectivity index (χ0v) is 19.4. The van der Waals surface area contributed by atoms with E-state index in [0.717, 1.165) is 45.1 Å². The minimum atomic E-state index is -0.395. The number of pyridine rings is 1. The second-order valence-corrected chi connectivity index (χ2v) is 8.11. The summed E-state index contributed by atoms with van der Waals surface area (Å²) in [5.41, 5.74) is 6.45. The zero-order valence-electron chi connectivity index (χ0n) is 17.0. The third kappa shape index (κ3) is 4.94. The number of nitrogens with zero attached hydrogens (tertiary/aromatic N) is 2. The summed E-state index contributed by atoms with van der Waals surface area (Å²) in [6, 6.07) is 3.24. The van der Waals surface area contributed by atoms with Crippen LogP contribution in [0.15, 0.2) is 16.9 Å². The summed E-state index contributed by atoms with van der Waals surface area (Å²) in [5.74, 6) is 0.546. The second kappa shape index (κ2) is 11.3. The molecule has 2 heterocycles. The van der Waals surface area contributed by atoms with Crippen LogP contribution in [0.4, 0.5) is 0 Å². The number of carbonyl (C=O) groups is 1. The summed E-state index contributed by atoms with van der Waals surface area (Å²) < 4.78 is 7.75. The number of hydrogen-bond acceptors (Lipinski definition) is 5. The van der Waals surface area contributed by atoms with Crippen LogP contribution in [-0.2, 0) is 11.3 Å². The molecule has 0 radical (unpaired) electrons. The highest BCUT2D eigenvalue weighted by Crippen LogP contribution is 2.36. The van der Waals surface area contributed by atoms with Crippen LogP contribution in [0.3, 0.4) is 0 Å². The number of rotatable bonds is 9. The Morgan fingerprint density at radius 3 is 2.40 bits per heavy atom. The Morgan fingerprint density at radius 2 is 1.83 bits per heavy atom. The molecule has 6 nitrogen and oxygen atoms in total. The Hall–Kier alpha value is -1.31. The van der Waals surface area contributed by atoms with Crippen molar-refractivity contribution in [3.05, 3.63) is 38.2 Å². The normalized spacial score (nSPS) is 15.2. The number of aldehydes is 1. The van der Waals surface area contributed by atoms with Gasteiger partial charge in [-0.25, -0.2) is 0 Å². The third-order valence-electron chi connectivity index (χ3n) is 5.41. The maximum atomic E-state index is 13.5.